The molecular weight excluding hydrogens is 378 g/mol. The van der Waals surface area contributed by atoms with E-state index in [0.29, 0.717) is 24.3 Å². The van der Waals surface area contributed by atoms with Crippen LogP contribution in [0.1, 0.15) is 43.1 Å². The highest BCUT2D eigenvalue weighted by Gasteiger charge is 2.17. The van der Waals surface area contributed by atoms with Crippen LogP contribution < -0.4 is 15.6 Å². The van der Waals surface area contributed by atoms with Gasteiger partial charge in [0.15, 0.2) is 0 Å². The maximum atomic E-state index is 11.9. The molecule has 0 atom stereocenters. The number of nitrogens with zero attached hydrogens (tertiary/aromatic N) is 2. The van der Waals surface area contributed by atoms with Crippen molar-refractivity contribution < 1.29 is 24.2 Å². The van der Waals surface area contributed by atoms with Gasteiger partial charge < -0.3 is 19.9 Å². The van der Waals surface area contributed by atoms with E-state index in [2.05, 4.69) is 10.4 Å². The number of aromatic carboxylic acids is 1. The molecule has 9 heteroatoms. The van der Waals surface area contributed by atoms with Gasteiger partial charge in [0, 0.05) is 24.4 Å². The van der Waals surface area contributed by atoms with Crippen molar-refractivity contribution in [2.45, 2.75) is 39.3 Å². The molecule has 0 radical (unpaired) electrons. The number of carbonyl (C=O) groups excluding carboxylic acids is 1. The van der Waals surface area contributed by atoms with Crippen LogP contribution in [-0.4, -0.2) is 45.7 Å². The number of hydrogen-bond donors (Lipinski definition) is 2. The van der Waals surface area contributed by atoms with Gasteiger partial charge >= 0.3 is 12.1 Å². The highest BCUT2D eigenvalue weighted by molar-refractivity contribution is 5.90. The number of hydrogen-bond acceptors (Lipinski definition) is 6. The van der Waals surface area contributed by atoms with Crippen molar-refractivity contribution in [1.29, 1.82) is 0 Å². The molecule has 156 valence electrons. The zero-order valence-corrected chi connectivity index (χ0v) is 16.7. The average molecular weight is 403 g/mol. The number of aromatic nitrogens is 2. The Balaban J connectivity index is 2.02. The summed E-state index contributed by atoms with van der Waals surface area (Å²) < 4.78 is 12.0. The first kappa shape index (κ1) is 21.9. The Bertz CT molecular complexity index is 917. The Hall–Kier alpha value is -3.36. The molecule has 0 unspecified atom stereocenters. The van der Waals surface area contributed by atoms with E-state index in [9.17, 15) is 19.5 Å². The maximum Gasteiger partial charge on any atom is 0.407 e. The van der Waals surface area contributed by atoms with E-state index in [-0.39, 0.29) is 24.3 Å². The number of rotatable bonds is 8. The summed E-state index contributed by atoms with van der Waals surface area (Å²) in [5.41, 5.74) is -0.538. The van der Waals surface area contributed by atoms with E-state index in [1.165, 1.54) is 29.1 Å². The first-order chi connectivity index (χ1) is 13.7. The topological polar surface area (TPSA) is 120 Å². The molecule has 1 heterocycles. The Morgan fingerprint density at radius 1 is 1.21 bits per heavy atom. The van der Waals surface area contributed by atoms with E-state index in [4.69, 9.17) is 9.47 Å². The minimum Gasteiger partial charge on any atom is -0.493 e. The second kappa shape index (κ2) is 9.72. The second-order valence-electron chi connectivity index (χ2n) is 7.24. The predicted octanol–water partition coefficient (Wildman–Crippen LogP) is 2.28. The lowest BCUT2D eigenvalue weighted by atomic mass is 10.1. The molecule has 1 aromatic carbocycles. The van der Waals surface area contributed by atoms with Crippen LogP contribution in [0.25, 0.3) is 0 Å². The lowest BCUT2D eigenvalue weighted by molar-refractivity contribution is 0.0524. The largest absolute Gasteiger partial charge is 0.493 e. The van der Waals surface area contributed by atoms with Crippen LogP contribution in [0.2, 0.25) is 0 Å². The summed E-state index contributed by atoms with van der Waals surface area (Å²) in [5, 5.41) is 16.1. The van der Waals surface area contributed by atoms with E-state index in [1.54, 1.807) is 32.9 Å². The molecule has 2 N–H and O–H groups in total. The van der Waals surface area contributed by atoms with Gasteiger partial charge in [-0.25, -0.2) is 14.3 Å². The second-order valence-corrected chi connectivity index (χ2v) is 7.24. The molecule has 0 bridgehead atoms. The van der Waals surface area contributed by atoms with Crippen molar-refractivity contribution in [1.82, 2.24) is 15.1 Å². The fourth-order valence-electron chi connectivity index (χ4n) is 2.48. The third-order valence-corrected chi connectivity index (χ3v) is 3.70. The summed E-state index contributed by atoms with van der Waals surface area (Å²) in [4.78, 5) is 35.1. The standard InChI is InChI=1S/C20H25N3O6/c1-20(2,3)29-19(27)21-10-6-12-28-16-8-4-7-14(18(25)26)15(16)13-23-17(24)9-5-11-22-23/h4-5,7-9,11H,6,10,12-13H2,1-3H3,(H,21,27)(H,25,26). The molecule has 1 amide bonds. The zero-order chi connectivity index (χ0) is 21.4. The molecule has 1 aromatic heterocycles. The van der Waals surface area contributed by atoms with Gasteiger partial charge in [0.2, 0.25) is 0 Å². The summed E-state index contributed by atoms with van der Waals surface area (Å²) in [5.74, 6) is -0.777. The van der Waals surface area contributed by atoms with Crippen LogP contribution in [0.5, 0.6) is 5.75 Å². The molecule has 0 aliphatic carbocycles. The first-order valence-electron chi connectivity index (χ1n) is 9.14. The SMILES string of the molecule is CC(C)(C)OC(=O)NCCCOc1cccc(C(=O)O)c1Cn1ncccc1=O. The molecule has 9 nitrogen and oxygen atoms in total. The Kier molecular flexibility index (Phi) is 7.35. The van der Waals surface area contributed by atoms with Crippen LogP contribution in [-0.2, 0) is 11.3 Å². The van der Waals surface area contributed by atoms with Crippen molar-refractivity contribution in [2.24, 2.45) is 0 Å². The smallest absolute Gasteiger partial charge is 0.407 e. The van der Waals surface area contributed by atoms with Gasteiger partial charge in [0.1, 0.15) is 11.4 Å². The van der Waals surface area contributed by atoms with Crippen LogP contribution in [0.3, 0.4) is 0 Å². The van der Waals surface area contributed by atoms with Crippen molar-refractivity contribution in [3.63, 3.8) is 0 Å². The minimum absolute atomic E-state index is 0.0341. The molecule has 2 rings (SSSR count). The summed E-state index contributed by atoms with van der Waals surface area (Å²) in [7, 11) is 0. The van der Waals surface area contributed by atoms with E-state index in [1.807, 2.05) is 0 Å². The van der Waals surface area contributed by atoms with Crippen molar-refractivity contribution in [3.8, 4) is 5.75 Å². The average Bonchev–Trinajstić information content (AvgIpc) is 2.62. The highest BCUT2D eigenvalue weighted by atomic mass is 16.6. The van der Waals surface area contributed by atoms with Gasteiger partial charge in [-0.3, -0.25) is 4.79 Å². The molecule has 2 aromatic rings. The normalized spacial score (nSPS) is 11.0. The zero-order valence-electron chi connectivity index (χ0n) is 16.7. The van der Waals surface area contributed by atoms with E-state index < -0.39 is 17.7 Å². The van der Waals surface area contributed by atoms with Crippen LogP contribution in [0.4, 0.5) is 4.79 Å². The Morgan fingerprint density at radius 2 is 1.97 bits per heavy atom. The third kappa shape index (κ3) is 6.95. The van der Waals surface area contributed by atoms with Gasteiger partial charge in [-0.05, 0) is 45.4 Å². The number of carboxylic acid groups (broad SMARTS) is 1. The summed E-state index contributed by atoms with van der Waals surface area (Å²) in [6.07, 6.45) is 1.42. The number of carbonyl (C=O) groups is 2. The predicted molar refractivity (Wildman–Crippen MR) is 105 cm³/mol. The number of benzene rings is 1. The molecular formula is C20H25N3O6. The minimum atomic E-state index is -1.12. The molecule has 0 aliphatic rings. The lowest BCUT2D eigenvalue weighted by Crippen LogP contribution is -2.33. The fraction of sp³-hybridized carbons (Fsp3) is 0.400. The van der Waals surface area contributed by atoms with Crippen LogP contribution in [0.15, 0.2) is 41.3 Å². The van der Waals surface area contributed by atoms with Crippen molar-refractivity contribution in [2.75, 3.05) is 13.2 Å². The van der Waals surface area contributed by atoms with Gasteiger partial charge in [0.05, 0.1) is 18.7 Å². The van der Waals surface area contributed by atoms with Crippen molar-refractivity contribution >= 4 is 12.1 Å². The third-order valence-electron chi connectivity index (χ3n) is 3.70. The first-order valence-corrected chi connectivity index (χ1v) is 9.14. The molecule has 29 heavy (non-hydrogen) atoms. The van der Waals surface area contributed by atoms with Gasteiger partial charge in [-0.1, -0.05) is 6.07 Å². The molecule has 0 spiro atoms. The number of amides is 1. The monoisotopic (exact) mass is 403 g/mol. The summed E-state index contributed by atoms with van der Waals surface area (Å²) in [6, 6.07) is 7.51. The highest BCUT2D eigenvalue weighted by Crippen LogP contribution is 2.23. The van der Waals surface area contributed by atoms with Crippen LogP contribution in [0, 0.1) is 0 Å². The van der Waals surface area contributed by atoms with Gasteiger partial charge in [0.25, 0.3) is 5.56 Å². The maximum absolute atomic E-state index is 11.9. The number of ether oxygens (including phenoxy) is 2. The molecule has 0 fully saturated rings. The molecule has 0 saturated heterocycles. The molecule has 0 aliphatic heterocycles. The van der Waals surface area contributed by atoms with Gasteiger partial charge in [-0.15, -0.1) is 0 Å². The van der Waals surface area contributed by atoms with E-state index >= 15 is 0 Å². The number of nitrogens with one attached hydrogen (secondary N) is 1. The lowest BCUT2D eigenvalue weighted by Gasteiger charge is -2.19. The summed E-state index contributed by atoms with van der Waals surface area (Å²) >= 11 is 0. The molecule has 0 saturated carbocycles. The Labute approximate surface area is 168 Å². The number of alkyl carbamates (subject to hydrolysis) is 1. The van der Waals surface area contributed by atoms with E-state index in [0.717, 1.165) is 0 Å². The van der Waals surface area contributed by atoms with Crippen molar-refractivity contribution in [3.05, 3.63) is 58.0 Å². The fourth-order valence-corrected chi connectivity index (χ4v) is 2.48. The Morgan fingerprint density at radius 3 is 2.62 bits per heavy atom. The summed E-state index contributed by atoms with van der Waals surface area (Å²) in [6.45, 7) is 5.87. The quantitative estimate of drug-likeness (QED) is 0.649. The number of carboxylic acids is 1. The van der Waals surface area contributed by atoms with Gasteiger partial charge in [-0.2, -0.15) is 5.10 Å². The van der Waals surface area contributed by atoms with Crippen LogP contribution >= 0.6 is 0 Å².